The number of nitrogens with zero attached hydrogens (tertiary/aromatic N) is 4. The largest absolute Gasteiger partial charge is 0.478 e. The molecule has 7 nitrogen and oxygen atoms in total. The van der Waals surface area contributed by atoms with Crippen molar-refractivity contribution >= 4 is 23.8 Å². The molecule has 2 heterocycles. The molecule has 1 saturated heterocycles. The summed E-state index contributed by atoms with van der Waals surface area (Å²) in [6.07, 6.45) is 3.24. The van der Waals surface area contributed by atoms with Crippen molar-refractivity contribution in [3.8, 4) is 0 Å². The lowest BCUT2D eigenvalue weighted by molar-refractivity contribution is -0.126. The fourth-order valence-corrected chi connectivity index (χ4v) is 3.03. The fraction of sp³-hybridized carbons (Fsp3) is 0.300. The number of aromatic carboxylic acids is 1. The SMILES string of the molecule is Cc1cc(N2CCN(C(=O)/C=C/c3ccc(C(=O)O)cc3)CC2)nc(C)n1. The maximum Gasteiger partial charge on any atom is 0.335 e. The number of piperazine rings is 1. The number of carbonyl (C=O) groups excluding carboxylic acids is 1. The van der Waals surface area contributed by atoms with Crippen molar-refractivity contribution in [2.45, 2.75) is 13.8 Å². The van der Waals surface area contributed by atoms with Gasteiger partial charge in [-0.25, -0.2) is 14.8 Å². The number of benzene rings is 1. The van der Waals surface area contributed by atoms with Gasteiger partial charge in [0.1, 0.15) is 11.6 Å². The van der Waals surface area contributed by atoms with E-state index in [2.05, 4.69) is 14.9 Å². The maximum absolute atomic E-state index is 12.4. The van der Waals surface area contributed by atoms with Crippen molar-refractivity contribution in [2.24, 2.45) is 0 Å². The van der Waals surface area contributed by atoms with E-state index in [9.17, 15) is 9.59 Å². The van der Waals surface area contributed by atoms with Crippen LogP contribution in [-0.2, 0) is 4.79 Å². The Labute approximate surface area is 158 Å². The Morgan fingerprint density at radius 3 is 2.30 bits per heavy atom. The van der Waals surface area contributed by atoms with E-state index in [-0.39, 0.29) is 11.5 Å². The molecule has 0 aliphatic carbocycles. The highest BCUT2D eigenvalue weighted by atomic mass is 16.4. The topological polar surface area (TPSA) is 86.6 Å². The third kappa shape index (κ3) is 4.69. The van der Waals surface area contributed by atoms with Gasteiger partial charge in [-0.3, -0.25) is 4.79 Å². The van der Waals surface area contributed by atoms with Crippen LogP contribution in [0.25, 0.3) is 6.08 Å². The molecule has 0 radical (unpaired) electrons. The lowest BCUT2D eigenvalue weighted by Crippen LogP contribution is -2.48. The van der Waals surface area contributed by atoms with Crippen LogP contribution in [0.3, 0.4) is 0 Å². The van der Waals surface area contributed by atoms with Crippen LogP contribution < -0.4 is 4.90 Å². The molecular formula is C20H22N4O3. The summed E-state index contributed by atoms with van der Waals surface area (Å²) in [6.45, 7) is 6.54. The molecule has 0 bridgehead atoms. The number of carboxylic acid groups (broad SMARTS) is 1. The minimum atomic E-state index is -0.964. The van der Waals surface area contributed by atoms with Crippen LogP contribution in [0.5, 0.6) is 0 Å². The van der Waals surface area contributed by atoms with Gasteiger partial charge < -0.3 is 14.9 Å². The maximum atomic E-state index is 12.4. The standard InChI is InChI=1S/C20H22N4O3/c1-14-13-18(22-15(2)21-14)23-9-11-24(12-10-23)19(25)8-5-16-3-6-17(7-4-16)20(26)27/h3-8,13H,9-12H2,1-2H3,(H,26,27)/b8-5+. The minimum absolute atomic E-state index is 0.0491. The molecule has 1 amide bonds. The number of aryl methyl sites for hydroxylation is 2. The first-order chi connectivity index (χ1) is 12.9. The molecule has 140 valence electrons. The number of carboxylic acids is 1. The van der Waals surface area contributed by atoms with E-state index in [0.717, 1.165) is 36.0 Å². The zero-order chi connectivity index (χ0) is 19.4. The van der Waals surface area contributed by atoms with Gasteiger partial charge in [-0.2, -0.15) is 0 Å². The third-order valence-corrected chi connectivity index (χ3v) is 4.44. The lowest BCUT2D eigenvalue weighted by Gasteiger charge is -2.35. The number of aromatic nitrogens is 2. The van der Waals surface area contributed by atoms with Crippen molar-refractivity contribution in [3.63, 3.8) is 0 Å². The highest BCUT2D eigenvalue weighted by molar-refractivity contribution is 5.92. The summed E-state index contributed by atoms with van der Waals surface area (Å²) in [5.41, 5.74) is 1.96. The van der Waals surface area contributed by atoms with E-state index in [1.165, 1.54) is 18.2 Å². The van der Waals surface area contributed by atoms with Crippen molar-refractivity contribution in [2.75, 3.05) is 31.1 Å². The first kappa shape index (κ1) is 18.6. The van der Waals surface area contributed by atoms with Crippen LogP contribution in [-0.4, -0.2) is 58.0 Å². The molecule has 1 N–H and O–H groups in total. The van der Waals surface area contributed by atoms with Gasteiger partial charge in [0.25, 0.3) is 0 Å². The summed E-state index contributed by atoms with van der Waals surface area (Å²) in [6, 6.07) is 8.38. The molecule has 1 aliphatic rings. The van der Waals surface area contributed by atoms with E-state index in [4.69, 9.17) is 5.11 Å². The highest BCUT2D eigenvalue weighted by Gasteiger charge is 2.21. The summed E-state index contributed by atoms with van der Waals surface area (Å²) >= 11 is 0. The first-order valence-electron chi connectivity index (χ1n) is 8.80. The van der Waals surface area contributed by atoms with E-state index >= 15 is 0 Å². The Kier molecular flexibility index (Phi) is 5.49. The third-order valence-electron chi connectivity index (χ3n) is 4.44. The Bertz CT molecular complexity index is 849. The summed E-state index contributed by atoms with van der Waals surface area (Å²) < 4.78 is 0. The second kappa shape index (κ2) is 7.99. The normalized spacial score (nSPS) is 14.6. The number of anilines is 1. The quantitative estimate of drug-likeness (QED) is 0.835. The van der Waals surface area contributed by atoms with Crippen molar-refractivity contribution in [1.82, 2.24) is 14.9 Å². The van der Waals surface area contributed by atoms with Gasteiger partial charge in [0.2, 0.25) is 5.91 Å². The number of carbonyl (C=O) groups is 2. The van der Waals surface area contributed by atoms with Crippen molar-refractivity contribution in [3.05, 3.63) is 59.1 Å². The van der Waals surface area contributed by atoms with Crippen LogP contribution in [0.4, 0.5) is 5.82 Å². The van der Waals surface area contributed by atoms with Gasteiger partial charge in [-0.05, 0) is 37.6 Å². The van der Waals surface area contributed by atoms with Crippen molar-refractivity contribution in [1.29, 1.82) is 0 Å². The van der Waals surface area contributed by atoms with Crippen LogP contribution in [0.1, 0.15) is 27.4 Å². The molecule has 1 aromatic carbocycles. The van der Waals surface area contributed by atoms with Gasteiger partial charge >= 0.3 is 5.97 Å². The Morgan fingerprint density at radius 1 is 1.04 bits per heavy atom. The molecule has 1 fully saturated rings. The van der Waals surface area contributed by atoms with Gasteiger partial charge in [-0.15, -0.1) is 0 Å². The predicted molar refractivity (Wildman–Crippen MR) is 103 cm³/mol. The van der Waals surface area contributed by atoms with Gasteiger partial charge in [-0.1, -0.05) is 12.1 Å². The van der Waals surface area contributed by atoms with Crippen LogP contribution in [0.2, 0.25) is 0 Å². The average Bonchev–Trinajstić information content (AvgIpc) is 2.66. The number of hydrogen-bond donors (Lipinski definition) is 1. The molecule has 0 spiro atoms. The molecular weight excluding hydrogens is 344 g/mol. The van der Waals surface area contributed by atoms with Gasteiger partial charge in [0, 0.05) is 44.0 Å². The summed E-state index contributed by atoms with van der Waals surface area (Å²) in [5.74, 6) is 0.641. The number of amides is 1. The average molecular weight is 366 g/mol. The summed E-state index contributed by atoms with van der Waals surface area (Å²) in [4.78, 5) is 36.0. The Hall–Kier alpha value is -3.22. The number of rotatable bonds is 4. The van der Waals surface area contributed by atoms with Crippen LogP contribution in [0, 0.1) is 13.8 Å². The van der Waals surface area contributed by atoms with Crippen LogP contribution >= 0.6 is 0 Å². The molecule has 27 heavy (non-hydrogen) atoms. The van der Waals surface area contributed by atoms with E-state index < -0.39 is 5.97 Å². The molecule has 3 rings (SSSR count). The zero-order valence-corrected chi connectivity index (χ0v) is 15.4. The summed E-state index contributed by atoms with van der Waals surface area (Å²) in [5, 5.41) is 8.91. The van der Waals surface area contributed by atoms with E-state index in [0.29, 0.717) is 13.1 Å². The molecule has 1 aliphatic heterocycles. The molecule has 2 aromatic rings. The zero-order valence-electron chi connectivity index (χ0n) is 15.4. The predicted octanol–water partition coefficient (Wildman–Crippen LogP) is 2.15. The number of hydrogen-bond acceptors (Lipinski definition) is 5. The Morgan fingerprint density at radius 2 is 1.70 bits per heavy atom. The van der Waals surface area contributed by atoms with E-state index in [1.807, 2.05) is 19.9 Å². The minimum Gasteiger partial charge on any atom is -0.478 e. The summed E-state index contributed by atoms with van der Waals surface area (Å²) in [7, 11) is 0. The lowest BCUT2D eigenvalue weighted by atomic mass is 10.1. The van der Waals surface area contributed by atoms with Gasteiger partial charge in [0.05, 0.1) is 5.56 Å². The smallest absolute Gasteiger partial charge is 0.335 e. The monoisotopic (exact) mass is 366 g/mol. The second-order valence-electron chi connectivity index (χ2n) is 6.49. The van der Waals surface area contributed by atoms with Gasteiger partial charge in [0.15, 0.2) is 0 Å². The molecule has 1 aromatic heterocycles. The van der Waals surface area contributed by atoms with Crippen molar-refractivity contribution < 1.29 is 14.7 Å². The van der Waals surface area contributed by atoms with E-state index in [1.54, 1.807) is 23.1 Å². The Balaban J connectivity index is 1.57. The molecule has 0 unspecified atom stereocenters. The highest BCUT2D eigenvalue weighted by Crippen LogP contribution is 2.15. The molecule has 7 heteroatoms. The second-order valence-corrected chi connectivity index (χ2v) is 6.49. The fourth-order valence-electron chi connectivity index (χ4n) is 3.03. The molecule has 0 saturated carbocycles. The molecule has 0 atom stereocenters. The van der Waals surface area contributed by atoms with Crippen LogP contribution in [0.15, 0.2) is 36.4 Å². The first-order valence-corrected chi connectivity index (χ1v) is 8.80.